The molecule has 2 rings (SSSR count). The van der Waals surface area contributed by atoms with E-state index in [4.69, 9.17) is 0 Å². The Balaban J connectivity index is 2.07. The van der Waals surface area contributed by atoms with Gasteiger partial charge in [0.05, 0.1) is 0 Å². The lowest BCUT2D eigenvalue weighted by atomic mass is 10.0. The summed E-state index contributed by atoms with van der Waals surface area (Å²) in [6, 6.07) is 15.7. The highest BCUT2D eigenvalue weighted by molar-refractivity contribution is 9.10. The highest BCUT2D eigenvalue weighted by Crippen LogP contribution is 2.21. The van der Waals surface area contributed by atoms with E-state index in [1.807, 2.05) is 12.1 Å². The van der Waals surface area contributed by atoms with Crippen molar-refractivity contribution in [2.45, 2.75) is 38.8 Å². The number of nitrogens with one attached hydrogen (secondary N) is 1. The molecular formula is C18H21BrFN. The normalized spacial score (nSPS) is 12.3. The third-order valence-corrected chi connectivity index (χ3v) is 4.09. The van der Waals surface area contributed by atoms with Crippen LogP contribution in [-0.2, 0) is 6.54 Å². The lowest BCUT2D eigenvalue weighted by Gasteiger charge is -2.19. The summed E-state index contributed by atoms with van der Waals surface area (Å²) in [6.07, 6.45) is 3.39. The van der Waals surface area contributed by atoms with Crippen molar-refractivity contribution in [2.75, 3.05) is 0 Å². The van der Waals surface area contributed by atoms with E-state index in [1.165, 1.54) is 11.6 Å². The van der Waals surface area contributed by atoms with Gasteiger partial charge in [0.1, 0.15) is 5.82 Å². The van der Waals surface area contributed by atoms with Crippen molar-refractivity contribution in [3.8, 4) is 0 Å². The van der Waals surface area contributed by atoms with Gasteiger partial charge in [-0.25, -0.2) is 4.39 Å². The average Bonchev–Trinajstić information content (AvgIpc) is 2.51. The Morgan fingerprint density at radius 1 is 1.14 bits per heavy atom. The van der Waals surface area contributed by atoms with Crippen LogP contribution < -0.4 is 5.32 Å². The van der Waals surface area contributed by atoms with Crippen molar-refractivity contribution in [2.24, 2.45) is 0 Å². The second-order valence-electron chi connectivity index (χ2n) is 5.22. The monoisotopic (exact) mass is 349 g/mol. The molecule has 0 saturated heterocycles. The van der Waals surface area contributed by atoms with Crippen LogP contribution in [0.15, 0.2) is 53.0 Å². The summed E-state index contributed by atoms with van der Waals surface area (Å²) in [6.45, 7) is 2.73. The van der Waals surface area contributed by atoms with Crippen LogP contribution in [-0.4, -0.2) is 0 Å². The van der Waals surface area contributed by atoms with E-state index >= 15 is 0 Å². The van der Waals surface area contributed by atoms with Crippen LogP contribution in [0.1, 0.15) is 43.4 Å². The topological polar surface area (TPSA) is 12.0 Å². The van der Waals surface area contributed by atoms with E-state index < -0.39 is 0 Å². The van der Waals surface area contributed by atoms with Crippen LogP contribution in [0.4, 0.5) is 4.39 Å². The summed E-state index contributed by atoms with van der Waals surface area (Å²) < 4.78 is 14.7. The Morgan fingerprint density at radius 2 is 1.90 bits per heavy atom. The summed E-state index contributed by atoms with van der Waals surface area (Å²) in [5.74, 6) is -0.159. The zero-order chi connectivity index (χ0) is 15.1. The molecule has 21 heavy (non-hydrogen) atoms. The highest BCUT2D eigenvalue weighted by atomic mass is 79.9. The molecule has 1 nitrogen and oxygen atoms in total. The molecule has 0 radical (unpaired) electrons. The van der Waals surface area contributed by atoms with Gasteiger partial charge in [-0.15, -0.1) is 0 Å². The number of benzene rings is 2. The smallest absolute Gasteiger partial charge is 0.127 e. The maximum Gasteiger partial charge on any atom is 0.127 e. The molecule has 0 amide bonds. The Hall–Kier alpha value is -1.19. The first-order chi connectivity index (χ1) is 10.2. The van der Waals surface area contributed by atoms with Crippen LogP contribution in [0.5, 0.6) is 0 Å². The fraction of sp³-hybridized carbons (Fsp3) is 0.333. The lowest BCUT2D eigenvalue weighted by molar-refractivity contribution is 0.472. The van der Waals surface area contributed by atoms with Gasteiger partial charge in [-0.05, 0) is 30.2 Å². The third-order valence-electron chi connectivity index (χ3n) is 3.59. The van der Waals surface area contributed by atoms with Gasteiger partial charge in [0.2, 0.25) is 0 Å². The van der Waals surface area contributed by atoms with Crippen LogP contribution in [0.3, 0.4) is 0 Å². The molecule has 2 aromatic rings. The molecule has 0 fully saturated rings. The van der Waals surface area contributed by atoms with Crippen molar-refractivity contribution in [3.63, 3.8) is 0 Å². The molecule has 0 aromatic heterocycles. The van der Waals surface area contributed by atoms with Gasteiger partial charge in [-0.1, -0.05) is 66.0 Å². The Bertz CT molecular complexity index is 556. The van der Waals surface area contributed by atoms with Crippen LogP contribution in [0.2, 0.25) is 0 Å². The van der Waals surface area contributed by atoms with Crippen molar-refractivity contribution in [1.82, 2.24) is 5.32 Å². The second-order valence-corrected chi connectivity index (χ2v) is 6.14. The SMILES string of the molecule is CCCCC(NCc1cc(Br)ccc1F)c1ccccc1. The second kappa shape index (κ2) is 8.30. The first-order valence-corrected chi connectivity index (χ1v) is 8.22. The molecule has 1 unspecified atom stereocenters. The largest absolute Gasteiger partial charge is 0.306 e. The molecule has 3 heteroatoms. The molecular weight excluding hydrogens is 329 g/mol. The van der Waals surface area contributed by atoms with E-state index in [0.29, 0.717) is 12.1 Å². The first-order valence-electron chi connectivity index (χ1n) is 7.43. The molecule has 0 heterocycles. The molecule has 2 aromatic carbocycles. The molecule has 0 aliphatic heterocycles. The van der Waals surface area contributed by atoms with Gasteiger partial charge in [0.25, 0.3) is 0 Å². The van der Waals surface area contributed by atoms with Crippen LogP contribution >= 0.6 is 15.9 Å². The molecule has 112 valence electrons. The van der Waals surface area contributed by atoms with E-state index in [2.05, 4.69) is 52.4 Å². The molecule has 0 aliphatic rings. The quantitative estimate of drug-likeness (QED) is 0.684. The lowest BCUT2D eigenvalue weighted by Crippen LogP contribution is -2.21. The minimum atomic E-state index is -0.159. The zero-order valence-electron chi connectivity index (χ0n) is 12.3. The van der Waals surface area contributed by atoms with E-state index in [1.54, 1.807) is 6.07 Å². The van der Waals surface area contributed by atoms with E-state index in [0.717, 1.165) is 23.7 Å². The maximum atomic E-state index is 13.8. The number of unbranched alkanes of at least 4 members (excludes halogenated alkanes) is 1. The van der Waals surface area contributed by atoms with Crippen molar-refractivity contribution >= 4 is 15.9 Å². The maximum absolute atomic E-state index is 13.8. The third kappa shape index (κ3) is 4.94. The number of hydrogen-bond acceptors (Lipinski definition) is 1. The van der Waals surface area contributed by atoms with Crippen molar-refractivity contribution < 1.29 is 4.39 Å². The summed E-state index contributed by atoms with van der Waals surface area (Å²) in [5.41, 5.74) is 1.96. The summed E-state index contributed by atoms with van der Waals surface area (Å²) in [5, 5.41) is 3.49. The average molecular weight is 350 g/mol. The summed E-state index contributed by atoms with van der Waals surface area (Å²) >= 11 is 3.40. The van der Waals surface area contributed by atoms with Gasteiger partial charge >= 0.3 is 0 Å². The zero-order valence-corrected chi connectivity index (χ0v) is 13.9. The van der Waals surface area contributed by atoms with Crippen molar-refractivity contribution in [3.05, 3.63) is 69.9 Å². The predicted molar refractivity (Wildman–Crippen MR) is 89.6 cm³/mol. The van der Waals surface area contributed by atoms with Gasteiger partial charge in [0, 0.05) is 22.6 Å². The molecule has 0 aliphatic carbocycles. The molecule has 1 atom stereocenters. The molecule has 1 N–H and O–H groups in total. The first kappa shape index (κ1) is 16.2. The van der Waals surface area contributed by atoms with Gasteiger partial charge in [-0.2, -0.15) is 0 Å². The minimum absolute atomic E-state index is 0.159. The number of hydrogen-bond donors (Lipinski definition) is 1. The molecule has 0 saturated carbocycles. The highest BCUT2D eigenvalue weighted by Gasteiger charge is 2.11. The fourth-order valence-corrected chi connectivity index (χ4v) is 2.80. The van der Waals surface area contributed by atoms with Gasteiger partial charge < -0.3 is 5.32 Å². The van der Waals surface area contributed by atoms with Gasteiger partial charge in [-0.3, -0.25) is 0 Å². The number of halogens is 2. The summed E-state index contributed by atoms with van der Waals surface area (Å²) in [4.78, 5) is 0. The Labute approximate surface area is 134 Å². The van der Waals surface area contributed by atoms with Gasteiger partial charge in [0.15, 0.2) is 0 Å². The minimum Gasteiger partial charge on any atom is -0.306 e. The fourth-order valence-electron chi connectivity index (χ4n) is 2.39. The number of rotatable bonds is 7. The van der Waals surface area contributed by atoms with Crippen LogP contribution in [0, 0.1) is 5.82 Å². The van der Waals surface area contributed by atoms with Crippen LogP contribution in [0.25, 0.3) is 0 Å². The van der Waals surface area contributed by atoms with Crippen molar-refractivity contribution in [1.29, 1.82) is 0 Å². The van der Waals surface area contributed by atoms with E-state index in [9.17, 15) is 4.39 Å². The summed E-state index contributed by atoms with van der Waals surface area (Å²) in [7, 11) is 0. The molecule has 0 bridgehead atoms. The Morgan fingerprint density at radius 3 is 2.62 bits per heavy atom. The van der Waals surface area contributed by atoms with E-state index in [-0.39, 0.29) is 11.9 Å². The molecule has 0 spiro atoms. The Kier molecular flexibility index (Phi) is 6.40. The standard InChI is InChI=1S/C18H21BrFN/c1-2-3-9-18(14-7-5-4-6-8-14)21-13-15-12-16(19)10-11-17(15)20/h4-8,10-12,18,21H,2-3,9,13H2,1H3. The predicted octanol–water partition coefficient (Wildman–Crippen LogP) is 5.61.